The van der Waals surface area contributed by atoms with Crippen LogP contribution in [-0.4, -0.2) is 48.4 Å². The summed E-state index contributed by atoms with van der Waals surface area (Å²) in [6.07, 6.45) is 1.08. The SMILES string of the molecule is CC(C)[C@H](N)C(=O)NCC(=O)NCC(C)N1CCc2sccc2C1.Cl.Cl. The van der Waals surface area contributed by atoms with Crippen LogP contribution >= 0.6 is 36.2 Å². The van der Waals surface area contributed by atoms with Gasteiger partial charge < -0.3 is 16.4 Å². The molecule has 0 saturated carbocycles. The Balaban J connectivity index is 0.00000312. The molecule has 2 rings (SSSR count). The van der Waals surface area contributed by atoms with E-state index in [0.29, 0.717) is 6.54 Å². The van der Waals surface area contributed by atoms with Crippen molar-refractivity contribution in [3.63, 3.8) is 0 Å². The molecule has 1 aliphatic heterocycles. The monoisotopic (exact) mass is 424 g/mol. The van der Waals surface area contributed by atoms with Gasteiger partial charge in [0.2, 0.25) is 11.8 Å². The fourth-order valence-electron chi connectivity index (χ4n) is 2.69. The predicted molar refractivity (Wildman–Crippen MR) is 111 cm³/mol. The van der Waals surface area contributed by atoms with Gasteiger partial charge in [-0.25, -0.2) is 0 Å². The number of nitrogens with one attached hydrogen (secondary N) is 2. The van der Waals surface area contributed by atoms with Crippen LogP contribution in [0.4, 0.5) is 0 Å². The number of nitrogens with two attached hydrogens (primary N) is 1. The third-order valence-corrected chi connectivity index (χ3v) is 5.52. The molecule has 0 spiro atoms. The van der Waals surface area contributed by atoms with Crippen molar-refractivity contribution in [2.75, 3.05) is 19.6 Å². The van der Waals surface area contributed by atoms with E-state index in [9.17, 15) is 9.59 Å². The zero-order chi connectivity index (χ0) is 17.7. The van der Waals surface area contributed by atoms with Crippen molar-refractivity contribution >= 4 is 48.0 Å². The van der Waals surface area contributed by atoms with Gasteiger partial charge in [0.1, 0.15) is 0 Å². The van der Waals surface area contributed by atoms with Crippen molar-refractivity contribution in [1.29, 1.82) is 0 Å². The molecule has 1 aromatic rings. The first-order valence-electron chi connectivity index (χ1n) is 8.47. The van der Waals surface area contributed by atoms with Gasteiger partial charge in [-0.1, -0.05) is 13.8 Å². The summed E-state index contributed by atoms with van der Waals surface area (Å²) < 4.78 is 0. The summed E-state index contributed by atoms with van der Waals surface area (Å²) in [5, 5.41) is 7.62. The van der Waals surface area contributed by atoms with Crippen molar-refractivity contribution < 1.29 is 9.59 Å². The molecule has 0 bridgehead atoms. The zero-order valence-corrected chi connectivity index (χ0v) is 17.9. The molecule has 2 heterocycles. The van der Waals surface area contributed by atoms with Crippen LogP contribution in [0.5, 0.6) is 0 Å². The van der Waals surface area contributed by atoms with Gasteiger partial charge in [-0.05, 0) is 36.3 Å². The van der Waals surface area contributed by atoms with E-state index in [1.54, 1.807) is 0 Å². The molecule has 1 aromatic heterocycles. The molecule has 0 radical (unpaired) electrons. The van der Waals surface area contributed by atoms with Crippen LogP contribution in [-0.2, 0) is 22.6 Å². The molecule has 150 valence electrons. The maximum absolute atomic E-state index is 11.9. The van der Waals surface area contributed by atoms with E-state index in [2.05, 4.69) is 33.9 Å². The Morgan fingerprint density at radius 1 is 1.27 bits per heavy atom. The van der Waals surface area contributed by atoms with Gasteiger partial charge in [-0.15, -0.1) is 36.2 Å². The first-order chi connectivity index (χ1) is 11.4. The average molecular weight is 425 g/mol. The third-order valence-electron chi connectivity index (χ3n) is 4.50. The Hall–Kier alpha value is -0.860. The van der Waals surface area contributed by atoms with Gasteiger partial charge in [-0.3, -0.25) is 14.5 Å². The maximum atomic E-state index is 11.9. The highest BCUT2D eigenvalue weighted by atomic mass is 35.5. The second kappa shape index (κ2) is 11.8. The van der Waals surface area contributed by atoms with E-state index in [0.717, 1.165) is 19.5 Å². The number of thiophene rings is 1. The Kier molecular flexibility index (Phi) is 11.4. The fourth-order valence-corrected chi connectivity index (χ4v) is 3.58. The smallest absolute Gasteiger partial charge is 0.239 e. The largest absolute Gasteiger partial charge is 0.353 e. The molecule has 0 aromatic carbocycles. The number of carbonyl (C=O) groups is 2. The topological polar surface area (TPSA) is 87.5 Å². The quantitative estimate of drug-likeness (QED) is 0.619. The van der Waals surface area contributed by atoms with E-state index in [-0.39, 0.29) is 55.1 Å². The van der Waals surface area contributed by atoms with E-state index < -0.39 is 6.04 Å². The molecular weight excluding hydrogens is 395 g/mol. The molecule has 0 saturated heterocycles. The number of halogens is 2. The fraction of sp³-hybridized carbons (Fsp3) is 0.647. The van der Waals surface area contributed by atoms with Gasteiger partial charge in [0.05, 0.1) is 12.6 Å². The van der Waals surface area contributed by atoms with Gasteiger partial charge in [0.25, 0.3) is 0 Å². The molecule has 2 atom stereocenters. The number of carbonyl (C=O) groups excluding carboxylic acids is 2. The van der Waals surface area contributed by atoms with Crippen molar-refractivity contribution in [2.24, 2.45) is 11.7 Å². The van der Waals surface area contributed by atoms with E-state index in [1.807, 2.05) is 25.2 Å². The molecule has 26 heavy (non-hydrogen) atoms. The minimum absolute atomic E-state index is 0. The molecule has 6 nitrogen and oxygen atoms in total. The Morgan fingerprint density at radius 3 is 2.62 bits per heavy atom. The number of hydrogen-bond donors (Lipinski definition) is 3. The van der Waals surface area contributed by atoms with Crippen molar-refractivity contribution in [3.8, 4) is 0 Å². The van der Waals surface area contributed by atoms with Gasteiger partial charge >= 0.3 is 0 Å². The minimum atomic E-state index is -0.579. The molecule has 4 N–H and O–H groups in total. The van der Waals surface area contributed by atoms with Crippen LogP contribution in [0, 0.1) is 5.92 Å². The molecule has 0 aliphatic carbocycles. The van der Waals surface area contributed by atoms with E-state index in [4.69, 9.17) is 5.73 Å². The van der Waals surface area contributed by atoms with Gasteiger partial charge in [-0.2, -0.15) is 0 Å². The normalized spacial score (nSPS) is 15.9. The molecular formula is C17H30Cl2N4O2S. The van der Waals surface area contributed by atoms with E-state index >= 15 is 0 Å². The van der Waals surface area contributed by atoms with Crippen LogP contribution in [0.2, 0.25) is 0 Å². The van der Waals surface area contributed by atoms with E-state index in [1.165, 1.54) is 10.4 Å². The lowest BCUT2D eigenvalue weighted by atomic mass is 10.1. The lowest BCUT2D eigenvalue weighted by Crippen LogP contribution is -2.49. The summed E-state index contributed by atoms with van der Waals surface area (Å²) in [6, 6.07) is 1.87. The second-order valence-electron chi connectivity index (χ2n) is 6.73. The average Bonchev–Trinajstić information content (AvgIpc) is 3.04. The summed E-state index contributed by atoms with van der Waals surface area (Å²) in [5.41, 5.74) is 7.15. The van der Waals surface area contributed by atoms with Crippen LogP contribution in [0.1, 0.15) is 31.2 Å². The summed E-state index contributed by atoms with van der Waals surface area (Å²) in [5.74, 6) is -0.414. The van der Waals surface area contributed by atoms with Crippen molar-refractivity contribution in [3.05, 3.63) is 21.9 Å². The van der Waals surface area contributed by atoms with Crippen LogP contribution in [0.25, 0.3) is 0 Å². The highest BCUT2D eigenvalue weighted by Gasteiger charge is 2.22. The zero-order valence-electron chi connectivity index (χ0n) is 15.5. The lowest BCUT2D eigenvalue weighted by Gasteiger charge is -2.32. The number of rotatable bonds is 7. The highest BCUT2D eigenvalue weighted by Crippen LogP contribution is 2.24. The van der Waals surface area contributed by atoms with Gasteiger partial charge in [0, 0.05) is 30.6 Å². The molecule has 2 amide bonds. The summed E-state index contributed by atoms with van der Waals surface area (Å²) in [6.45, 7) is 8.38. The number of nitrogens with zero attached hydrogens (tertiary/aromatic N) is 1. The second-order valence-corrected chi connectivity index (χ2v) is 7.73. The van der Waals surface area contributed by atoms with Crippen LogP contribution < -0.4 is 16.4 Å². The van der Waals surface area contributed by atoms with Crippen LogP contribution in [0.3, 0.4) is 0 Å². The first-order valence-corrected chi connectivity index (χ1v) is 9.35. The third kappa shape index (κ3) is 7.04. The van der Waals surface area contributed by atoms with Crippen LogP contribution in [0.15, 0.2) is 11.4 Å². The van der Waals surface area contributed by atoms with Crippen molar-refractivity contribution in [2.45, 2.75) is 45.8 Å². The Bertz CT molecular complexity index is 583. The first kappa shape index (κ1) is 25.1. The number of amides is 2. The Labute approximate surface area is 172 Å². The predicted octanol–water partition coefficient (Wildman–Crippen LogP) is 1.55. The standard InChI is InChI=1S/C17H28N4O2S.2ClH/c1-11(2)16(18)17(23)20-9-15(22)19-8-12(3)21-6-4-14-13(10-21)5-7-24-14;;/h5,7,11-12,16H,4,6,8-10,18H2,1-3H3,(H,19,22)(H,20,23);2*1H/t12?,16-;;/m0../s1. The Morgan fingerprint density at radius 2 is 1.96 bits per heavy atom. The molecule has 0 fully saturated rings. The van der Waals surface area contributed by atoms with Gasteiger partial charge in [0.15, 0.2) is 0 Å². The number of fused-ring (bicyclic) bond motifs is 1. The van der Waals surface area contributed by atoms with Crippen molar-refractivity contribution in [1.82, 2.24) is 15.5 Å². The lowest BCUT2D eigenvalue weighted by molar-refractivity contribution is -0.127. The summed E-state index contributed by atoms with van der Waals surface area (Å²) in [7, 11) is 0. The molecule has 1 unspecified atom stereocenters. The molecule has 9 heteroatoms. The molecule has 1 aliphatic rings. The summed E-state index contributed by atoms with van der Waals surface area (Å²) >= 11 is 1.82. The summed E-state index contributed by atoms with van der Waals surface area (Å²) in [4.78, 5) is 27.5. The minimum Gasteiger partial charge on any atom is -0.353 e. The highest BCUT2D eigenvalue weighted by molar-refractivity contribution is 7.10. The number of hydrogen-bond acceptors (Lipinski definition) is 5. The maximum Gasteiger partial charge on any atom is 0.239 e.